The van der Waals surface area contributed by atoms with Crippen LogP contribution in [0.2, 0.25) is 0 Å². The summed E-state index contributed by atoms with van der Waals surface area (Å²) in [6.07, 6.45) is 2.34. The quantitative estimate of drug-likeness (QED) is 0.402. The number of rotatable bonds is 7. The zero-order valence-corrected chi connectivity index (χ0v) is 18.0. The highest BCUT2D eigenvalue weighted by Crippen LogP contribution is 2.38. The molecule has 4 aromatic rings. The number of aromatic nitrogens is 3. The number of benzene rings is 1. The fourth-order valence-electron chi connectivity index (χ4n) is 3.45. The van der Waals surface area contributed by atoms with Crippen LogP contribution in [0.3, 0.4) is 0 Å². The fourth-order valence-corrected chi connectivity index (χ4v) is 4.37. The number of aliphatic hydroxyl groups excluding tert-OH is 2. The van der Waals surface area contributed by atoms with Gasteiger partial charge in [0.25, 0.3) is 0 Å². The van der Waals surface area contributed by atoms with Crippen LogP contribution in [0.15, 0.2) is 47.6 Å². The van der Waals surface area contributed by atoms with E-state index in [2.05, 4.69) is 15.0 Å². The summed E-state index contributed by atoms with van der Waals surface area (Å²) in [4.78, 5) is 12.3. The van der Waals surface area contributed by atoms with E-state index in [1.165, 1.54) is 0 Å². The number of fused-ring (bicyclic) bond motifs is 3. The minimum absolute atomic E-state index is 0.0142. The summed E-state index contributed by atoms with van der Waals surface area (Å²) in [6.45, 7) is 3.01. The molecule has 3 aromatic heterocycles. The number of hydrogen-bond acceptors (Lipinski definition) is 7. The van der Waals surface area contributed by atoms with Crippen LogP contribution in [0.1, 0.15) is 12.5 Å². The lowest BCUT2D eigenvalue weighted by molar-refractivity contribution is 0.0526. The van der Waals surface area contributed by atoms with Crippen molar-refractivity contribution in [2.75, 3.05) is 19.0 Å². The Labute approximate surface area is 179 Å². The largest absolute Gasteiger partial charge is 0.473 e. The third-order valence-corrected chi connectivity index (χ3v) is 6.82. The maximum Gasteiger partial charge on any atom is 0.238 e. The summed E-state index contributed by atoms with van der Waals surface area (Å²) in [5.74, 6) is 0.277. The fraction of sp³-hybridized carbons (Fsp3) is 0.273. The zero-order valence-electron chi connectivity index (χ0n) is 17.2. The Hall–Kier alpha value is -3.01. The molecule has 1 atom stereocenters. The lowest BCUT2D eigenvalue weighted by Gasteiger charge is -2.12. The van der Waals surface area contributed by atoms with Crippen molar-refractivity contribution >= 4 is 31.8 Å². The van der Waals surface area contributed by atoms with Gasteiger partial charge in [-0.1, -0.05) is 19.1 Å². The molecular formula is C22H23N3O5S. The van der Waals surface area contributed by atoms with Gasteiger partial charge >= 0.3 is 0 Å². The number of pyridine rings is 2. The van der Waals surface area contributed by atoms with Gasteiger partial charge in [-0.2, -0.15) is 0 Å². The number of sulfone groups is 1. The van der Waals surface area contributed by atoms with Gasteiger partial charge in [-0.25, -0.2) is 18.4 Å². The molecule has 4 rings (SSSR count). The van der Waals surface area contributed by atoms with Gasteiger partial charge in [-0.15, -0.1) is 0 Å². The molecule has 0 saturated heterocycles. The highest BCUT2D eigenvalue weighted by molar-refractivity contribution is 7.91. The van der Waals surface area contributed by atoms with Gasteiger partial charge in [0.15, 0.2) is 9.84 Å². The Balaban J connectivity index is 1.95. The maximum atomic E-state index is 12.4. The van der Waals surface area contributed by atoms with Gasteiger partial charge in [-0.3, -0.25) is 0 Å². The van der Waals surface area contributed by atoms with Crippen molar-refractivity contribution in [2.24, 2.45) is 0 Å². The average molecular weight is 442 g/mol. The molecule has 0 amide bonds. The average Bonchev–Trinajstić information content (AvgIpc) is 3.16. The monoisotopic (exact) mass is 441 g/mol. The number of nitrogens with one attached hydrogen (secondary N) is 1. The van der Waals surface area contributed by atoms with Gasteiger partial charge in [0.05, 0.1) is 17.3 Å². The second kappa shape index (κ2) is 8.26. The van der Waals surface area contributed by atoms with Gasteiger partial charge in [0, 0.05) is 28.7 Å². The lowest BCUT2D eigenvalue weighted by Crippen LogP contribution is -2.21. The van der Waals surface area contributed by atoms with E-state index < -0.39 is 22.5 Å². The molecule has 0 unspecified atom stereocenters. The number of H-pyrrole nitrogens is 1. The van der Waals surface area contributed by atoms with Gasteiger partial charge in [-0.05, 0) is 36.2 Å². The van der Waals surface area contributed by atoms with E-state index in [1.54, 1.807) is 37.5 Å². The SMILES string of the molecule is CCS(=O)(=O)c1cccc(-c2cnc(OC[C@@H](O)CO)c3[nH]c4ncc(C)cc4c23)c1. The van der Waals surface area contributed by atoms with Crippen LogP contribution >= 0.6 is 0 Å². The van der Waals surface area contributed by atoms with Gasteiger partial charge in [0.2, 0.25) is 5.88 Å². The molecule has 162 valence electrons. The molecule has 8 nitrogen and oxygen atoms in total. The molecule has 9 heteroatoms. The van der Waals surface area contributed by atoms with Gasteiger partial charge < -0.3 is 19.9 Å². The highest BCUT2D eigenvalue weighted by atomic mass is 32.2. The molecule has 0 radical (unpaired) electrons. The van der Waals surface area contributed by atoms with E-state index in [0.717, 1.165) is 21.9 Å². The second-order valence-electron chi connectivity index (χ2n) is 7.34. The smallest absolute Gasteiger partial charge is 0.238 e. The third kappa shape index (κ3) is 3.99. The Morgan fingerprint density at radius 3 is 2.74 bits per heavy atom. The normalized spacial score (nSPS) is 13.0. The topological polar surface area (TPSA) is 125 Å². The summed E-state index contributed by atoms with van der Waals surface area (Å²) in [7, 11) is -3.36. The molecule has 31 heavy (non-hydrogen) atoms. The third-order valence-electron chi connectivity index (χ3n) is 5.09. The maximum absolute atomic E-state index is 12.4. The molecule has 3 N–H and O–H groups in total. The second-order valence-corrected chi connectivity index (χ2v) is 9.62. The van der Waals surface area contributed by atoms with Crippen molar-refractivity contribution in [1.29, 1.82) is 0 Å². The van der Waals surface area contributed by atoms with E-state index in [-0.39, 0.29) is 23.1 Å². The molecule has 0 bridgehead atoms. The molecule has 0 aliphatic heterocycles. The molecule has 0 aliphatic rings. The molecule has 0 fully saturated rings. The van der Waals surface area contributed by atoms with Crippen LogP contribution in [0.4, 0.5) is 0 Å². The minimum atomic E-state index is -3.36. The van der Waals surface area contributed by atoms with Crippen LogP contribution in [0.5, 0.6) is 5.88 Å². The number of ether oxygens (including phenoxy) is 1. The van der Waals surface area contributed by atoms with E-state index in [0.29, 0.717) is 16.7 Å². The molecule has 0 spiro atoms. The number of aliphatic hydroxyl groups is 2. The van der Waals surface area contributed by atoms with Crippen LogP contribution in [-0.4, -0.2) is 58.7 Å². The minimum Gasteiger partial charge on any atom is -0.473 e. The summed E-state index contributed by atoms with van der Waals surface area (Å²) >= 11 is 0. The van der Waals surface area contributed by atoms with Crippen molar-refractivity contribution in [1.82, 2.24) is 15.0 Å². The van der Waals surface area contributed by atoms with Crippen molar-refractivity contribution in [2.45, 2.75) is 24.8 Å². The highest BCUT2D eigenvalue weighted by Gasteiger charge is 2.19. The standard InChI is InChI=1S/C22H23N3O5S/c1-3-31(28,29)16-6-4-5-14(8-16)18-10-24-22(30-12-15(27)11-26)20-19(18)17-7-13(2)9-23-21(17)25-20/h4-10,15,26-27H,3,11-12H2,1-2H3,(H,23,25)/t15-/m0/s1. The van der Waals surface area contributed by atoms with Crippen molar-refractivity contribution in [3.8, 4) is 17.0 Å². The first-order chi connectivity index (χ1) is 14.8. The Morgan fingerprint density at radius 2 is 2.00 bits per heavy atom. The lowest BCUT2D eigenvalue weighted by atomic mass is 10.0. The predicted octanol–water partition coefficient (Wildman–Crippen LogP) is 2.61. The van der Waals surface area contributed by atoms with Crippen LogP contribution in [0, 0.1) is 6.92 Å². The van der Waals surface area contributed by atoms with E-state index in [9.17, 15) is 13.5 Å². The first-order valence-corrected chi connectivity index (χ1v) is 11.5. The van der Waals surface area contributed by atoms with Crippen LogP contribution in [0.25, 0.3) is 33.1 Å². The van der Waals surface area contributed by atoms with Crippen molar-refractivity contribution in [3.05, 3.63) is 48.3 Å². The van der Waals surface area contributed by atoms with E-state index >= 15 is 0 Å². The zero-order chi connectivity index (χ0) is 22.2. The van der Waals surface area contributed by atoms with E-state index in [1.807, 2.05) is 19.1 Å². The molecule has 0 saturated carbocycles. The van der Waals surface area contributed by atoms with Crippen molar-refractivity contribution in [3.63, 3.8) is 0 Å². The Kier molecular flexibility index (Phi) is 5.65. The summed E-state index contributed by atoms with van der Waals surface area (Å²) < 4.78 is 30.4. The van der Waals surface area contributed by atoms with Gasteiger partial charge in [0.1, 0.15) is 23.9 Å². The summed E-state index contributed by atoms with van der Waals surface area (Å²) in [6, 6.07) is 8.77. The molecular weight excluding hydrogens is 418 g/mol. The Bertz CT molecular complexity index is 1360. The number of aromatic amines is 1. The predicted molar refractivity (Wildman–Crippen MR) is 118 cm³/mol. The van der Waals surface area contributed by atoms with Crippen molar-refractivity contribution < 1.29 is 23.4 Å². The van der Waals surface area contributed by atoms with E-state index in [4.69, 9.17) is 9.84 Å². The van der Waals surface area contributed by atoms with Crippen LogP contribution < -0.4 is 4.74 Å². The summed E-state index contributed by atoms with van der Waals surface area (Å²) in [5.41, 5.74) is 3.63. The summed E-state index contributed by atoms with van der Waals surface area (Å²) in [5, 5.41) is 20.3. The molecule has 3 heterocycles. The number of hydrogen-bond donors (Lipinski definition) is 3. The molecule has 0 aliphatic carbocycles. The first-order valence-electron chi connectivity index (χ1n) is 9.86. The van der Waals surface area contributed by atoms with Crippen LogP contribution in [-0.2, 0) is 9.84 Å². The first kappa shape index (κ1) is 21.2. The Morgan fingerprint density at radius 1 is 1.19 bits per heavy atom. The molecule has 1 aromatic carbocycles. The number of nitrogens with zero attached hydrogens (tertiary/aromatic N) is 2. The number of aryl methyl sites for hydroxylation is 1.